The van der Waals surface area contributed by atoms with Crippen LogP contribution in [0.4, 0.5) is 5.82 Å². The summed E-state index contributed by atoms with van der Waals surface area (Å²) in [6, 6.07) is 1.88. The van der Waals surface area contributed by atoms with Crippen LogP contribution in [0.1, 0.15) is 25.3 Å². The minimum absolute atomic E-state index is 0.448. The summed E-state index contributed by atoms with van der Waals surface area (Å²) in [5.41, 5.74) is 6.01. The Labute approximate surface area is 95.3 Å². The number of nitrogens with two attached hydrogens (primary N) is 1. The first-order valence-corrected chi connectivity index (χ1v) is 5.60. The number of aliphatic hydroxyl groups is 1. The minimum atomic E-state index is -0.637. The smallest absolute Gasteiger partial charge is 0.155 e. The zero-order chi connectivity index (χ0) is 11.6. The molecule has 5 nitrogen and oxygen atoms in total. The van der Waals surface area contributed by atoms with E-state index in [0.29, 0.717) is 13.1 Å². The zero-order valence-electron chi connectivity index (χ0n) is 9.56. The van der Waals surface area contributed by atoms with Gasteiger partial charge in [-0.1, -0.05) is 0 Å². The van der Waals surface area contributed by atoms with Gasteiger partial charge in [-0.25, -0.2) is 0 Å². The fourth-order valence-electron chi connectivity index (χ4n) is 2.18. The van der Waals surface area contributed by atoms with Crippen molar-refractivity contribution in [1.29, 1.82) is 0 Å². The van der Waals surface area contributed by atoms with Crippen molar-refractivity contribution in [2.24, 2.45) is 5.73 Å². The maximum atomic E-state index is 10.0. The standard InChI is InChI=1S/C11H18N4O/c1-11(16)4-2-6-15(8-11)10-9(7-12)3-5-13-14-10/h3,5,16H,2,4,6-8,12H2,1H3. The van der Waals surface area contributed by atoms with E-state index in [1.165, 1.54) is 0 Å². The molecule has 0 aliphatic carbocycles. The summed E-state index contributed by atoms with van der Waals surface area (Å²) in [7, 11) is 0. The first-order chi connectivity index (χ1) is 7.62. The summed E-state index contributed by atoms with van der Waals surface area (Å²) in [6.45, 7) is 3.81. The molecular formula is C11H18N4O. The number of hydrogen-bond acceptors (Lipinski definition) is 5. The maximum absolute atomic E-state index is 10.0. The van der Waals surface area contributed by atoms with Crippen molar-refractivity contribution in [3.05, 3.63) is 17.8 Å². The molecule has 1 aromatic rings. The Balaban J connectivity index is 2.23. The minimum Gasteiger partial charge on any atom is -0.388 e. The van der Waals surface area contributed by atoms with Gasteiger partial charge in [0.1, 0.15) is 0 Å². The molecule has 1 fully saturated rings. The van der Waals surface area contributed by atoms with Crippen molar-refractivity contribution in [3.63, 3.8) is 0 Å². The van der Waals surface area contributed by atoms with Crippen LogP contribution in [0.25, 0.3) is 0 Å². The molecule has 0 radical (unpaired) electrons. The Morgan fingerprint density at radius 2 is 2.44 bits per heavy atom. The van der Waals surface area contributed by atoms with E-state index in [9.17, 15) is 5.11 Å². The zero-order valence-corrected chi connectivity index (χ0v) is 9.56. The Morgan fingerprint density at radius 3 is 3.12 bits per heavy atom. The highest BCUT2D eigenvalue weighted by Crippen LogP contribution is 2.25. The molecule has 0 spiro atoms. The summed E-state index contributed by atoms with van der Waals surface area (Å²) in [5.74, 6) is 0.810. The highest BCUT2D eigenvalue weighted by molar-refractivity contribution is 5.46. The van der Waals surface area contributed by atoms with Crippen molar-refractivity contribution >= 4 is 5.82 Å². The lowest BCUT2D eigenvalue weighted by atomic mass is 9.95. The van der Waals surface area contributed by atoms with Crippen LogP contribution in [-0.2, 0) is 6.54 Å². The molecule has 2 heterocycles. The molecule has 0 aromatic carbocycles. The average Bonchev–Trinajstić information content (AvgIpc) is 2.27. The highest BCUT2D eigenvalue weighted by atomic mass is 16.3. The van der Waals surface area contributed by atoms with E-state index < -0.39 is 5.60 Å². The normalized spacial score (nSPS) is 25.8. The van der Waals surface area contributed by atoms with Crippen LogP contribution < -0.4 is 10.6 Å². The number of rotatable bonds is 2. The SMILES string of the molecule is CC1(O)CCCN(c2nnccc2CN)C1. The van der Waals surface area contributed by atoms with E-state index in [-0.39, 0.29) is 0 Å². The van der Waals surface area contributed by atoms with Gasteiger partial charge < -0.3 is 15.7 Å². The largest absolute Gasteiger partial charge is 0.388 e. The monoisotopic (exact) mass is 222 g/mol. The molecule has 1 aliphatic heterocycles. The fraction of sp³-hybridized carbons (Fsp3) is 0.636. The molecule has 1 saturated heterocycles. The molecule has 1 unspecified atom stereocenters. The first kappa shape index (κ1) is 11.3. The molecule has 16 heavy (non-hydrogen) atoms. The quantitative estimate of drug-likeness (QED) is 0.752. The second-order valence-corrected chi connectivity index (χ2v) is 4.61. The molecule has 1 atom stereocenters. The maximum Gasteiger partial charge on any atom is 0.155 e. The van der Waals surface area contributed by atoms with Gasteiger partial charge in [-0.3, -0.25) is 0 Å². The summed E-state index contributed by atoms with van der Waals surface area (Å²) >= 11 is 0. The number of β-amino-alcohol motifs (C(OH)–C–C–N with tert-alkyl or cyclic N) is 1. The van der Waals surface area contributed by atoms with Crippen LogP contribution in [0.3, 0.4) is 0 Å². The van der Waals surface area contributed by atoms with Crippen molar-refractivity contribution in [3.8, 4) is 0 Å². The van der Waals surface area contributed by atoms with E-state index in [4.69, 9.17) is 5.73 Å². The van der Waals surface area contributed by atoms with Crippen molar-refractivity contribution in [1.82, 2.24) is 10.2 Å². The second kappa shape index (κ2) is 4.35. The summed E-state index contributed by atoms with van der Waals surface area (Å²) in [4.78, 5) is 2.07. The van der Waals surface area contributed by atoms with E-state index >= 15 is 0 Å². The van der Waals surface area contributed by atoms with Crippen LogP contribution >= 0.6 is 0 Å². The number of anilines is 1. The van der Waals surface area contributed by atoms with E-state index in [1.807, 2.05) is 13.0 Å². The van der Waals surface area contributed by atoms with Crippen LogP contribution in [-0.4, -0.2) is 34.0 Å². The van der Waals surface area contributed by atoms with Crippen LogP contribution in [0.15, 0.2) is 12.3 Å². The molecule has 1 aliphatic rings. The average molecular weight is 222 g/mol. The van der Waals surface area contributed by atoms with E-state index in [2.05, 4.69) is 15.1 Å². The predicted molar refractivity (Wildman–Crippen MR) is 62.0 cm³/mol. The van der Waals surface area contributed by atoms with Crippen LogP contribution in [0.5, 0.6) is 0 Å². The Kier molecular flexibility index (Phi) is 3.07. The van der Waals surface area contributed by atoms with E-state index in [1.54, 1.807) is 6.20 Å². The van der Waals surface area contributed by atoms with Gasteiger partial charge in [0.05, 0.1) is 11.8 Å². The van der Waals surface area contributed by atoms with Crippen molar-refractivity contribution in [2.75, 3.05) is 18.0 Å². The van der Waals surface area contributed by atoms with Gasteiger partial charge in [0, 0.05) is 25.2 Å². The van der Waals surface area contributed by atoms with Gasteiger partial charge in [0.25, 0.3) is 0 Å². The number of piperidine rings is 1. The summed E-state index contributed by atoms with van der Waals surface area (Å²) in [6.07, 6.45) is 3.45. The van der Waals surface area contributed by atoms with Crippen LogP contribution in [0.2, 0.25) is 0 Å². The Morgan fingerprint density at radius 1 is 1.62 bits per heavy atom. The van der Waals surface area contributed by atoms with Gasteiger partial charge >= 0.3 is 0 Å². The molecule has 88 valence electrons. The van der Waals surface area contributed by atoms with Gasteiger partial charge in [0.15, 0.2) is 5.82 Å². The Hall–Kier alpha value is -1.20. The topological polar surface area (TPSA) is 75.3 Å². The molecule has 2 rings (SSSR count). The third-order valence-corrected chi connectivity index (χ3v) is 2.98. The summed E-state index contributed by atoms with van der Waals surface area (Å²) < 4.78 is 0. The predicted octanol–water partition coefficient (Wildman–Crippen LogP) is 0.287. The Bertz CT molecular complexity index is 367. The van der Waals surface area contributed by atoms with Crippen molar-refractivity contribution in [2.45, 2.75) is 31.9 Å². The van der Waals surface area contributed by atoms with Gasteiger partial charge in [0.2, 0.25) is 0 Å². The molecule has 0 bridgehead atoms. The molecule has 3 N–H and O–H groups in total. The van der Waals surface area contributed by atoms with Gasteiger partial charge in [-0.15, -0.1) is 5.10 Å². The molecule has 1 aromatic heterocycles. The lowest BCUT2D eigenvalue weighted by Gasteiger charge is -2.37. The fourth-order valence-corrected chi connectivity index (χ4v) is 2.18. The third kappa shape index (κ3) is 2.31. The molecular weight excluding hydrogens is 204 g/mol. The number of nitrogens with zero attached hydrogens (tertiary/aromatic N) is 3. The molecule has 0 saturated carbocycles. The van der Waals surface area contributed by atoms with Gasteiger partial charge in [-0.2, -0.15) is 5.10 Å². The lowest BCUT2D eigenvalue weighted by Crippen LogP contribution is -2.46. The first-order valence-electron chi connectivity index (χ1n) is 5.60. The van der Waals surface area contributed by atoms with Gasteiger partial charge in [-0.05, 0) is 25.8 Å². The van der Waals surface area contributed by atoms with E-state index in [0.717, 1.165) is 30.8 Å². The molecule has 5 heteroatoms. The highest BCUT2D eigenvalue weighted by Gasteiger charge is 2.29. The second-order valence-electron chi connectivity index (χ2n) is 4.61. The van der Waals surface area contributed by atoms with Crippen LogP contribution in [0, 0.1) is 0 Å². The third-order valence-electron chi connectivity index (χ3n) is 2.98. The summed E-state index contributed by atoms with van der Waals surface area (Å²) in [5, 5.41) is 18.1. The number of aromatic nitrogens is 2. The van der Waals surface area contributed by atoms with Crippen molar-refractivity contribution < 1.29 is 5.11 Å². The molecule has 0 amide bonds. The lowest BCUT2D eigenvalue weighted by molar-refractivity contribution is 0.0446. The number of hydrogen-bond donors (Lipinski definition) is 2.